The van der Waals surface area contributed by atoms with Gasteiger partial charge >= 0.3 is 0 Å². The lowest BCUT2D eigenvalue weighted by molar-refractivity contribution is 0.373. The molecule has 0 saturated heterocycles. The van der Waals surface area contributed by atoms with Gasteiger partial charge in [0.15, 0.2) is 0 Å². The molecule has 1 nitrogen and oxygen atoms in total. The van der Waals surface area contributed by atoms with Crippen LogP contribution in [-0.4, -0.2) is 6.04 Å². The first-order chi connectivity index (χ1) is 4.33. The van der Waals surface area contributed by atoms with E-state index in [0.29, 0.717) is 12.0 Å². The molecule has 1 heteroatoms. The van der Waals surface area contributed by atoms with E-state index in [0.717, 1.165) is 6.42 Å². The van der Waals surface area contributed by atoms with Crippen LogP contribution in [0, 0.1) is 5.92 Å². The minimum atomic E-state index is 0.446. The van der Waals surface area contributed by atoms with Gasteiger partial charge in [0.05, 0.1) is 0 Å². The van der Waals surface area contributed by atoms with E-state index in [-0.39, 0.29) is 0 Å². The molecule has 1 rings (SSSR count). The van der Waals surface area contributed by atoms with Gasteiger partial charge in [-0.15, -0.1) is 6.58 Å². The molecule has 0 aromatic carbocycles. The van der Waals surface area contributed by atoms with Crippen LogP contribution in [0.2, 0.25) is 0 Å². The van der Waals surface area contributed by atoms with E-state index >= 15 is 0 Å². The standard InChI is InChI=1S/C8H15N/c1-2-7-4-3-5-8(9)6-7/h2,7-8H,1,3-6,9H2/t7-,8+/m1/s1. The highest BCUT2D eigenvalue weighted by molar-refractivity contribution is 4.85. The van der Waals surface area contributed by atoms with Crippen LogP contribution in [-0.2, 0) is 0 Å². The van der Waals surface area contributed by atoms with E-state index in [9.17, 15) is 0 Å². The molecule has 52 valence electrons. The summed E-state index contributed by atoms with van der Waals surface area (Å²) in [6.45, 7) is 3.76. The summed E-state index contributed by atoms with van der Waals surface area (Å²) in [6.07, 6.45) is 7.00. The van der Waals surface area contributed by atoms with Crippen LogP contribution in [0.5, 0.6) is 0 Å². The summed E-state index contributed by atoms with van der Waals surface area (Å²) < 4.78 is 0. The van der Waals surface area contributed by atoms with Gasteiger partial charge in [0.25, 0.3) is 0 Å². The van der Waals surface area contributed by atoms with Crippen LogP contribution in [0.1, 0.15) is 25.7 Å². The summed E-state index contributed by atoms with van der Waals surface area (Å²) in [4.78, 5) is 0. The van der Waals surface area contributed by atoms with Crippen molar-refractivity contribution >= 4 is 0 Å². The molecule has 0 bridgehead atoms. The number of allylic oxidation sites excluding steroid dienone is 1. The molecule has 0 aromatic rings. The first kappa shape index (κ1) is 6.81. The first-order valence-electron chi connectivity index (χ1n) is 3.71. The monoisotopic (exact) mass is 125 g/mol. The Kier molecular flexibility index (Phi) is 2.29. The Morgan fingerprint density at radius 2 is 2.22 bits per heavy atom. The van der Waals surface area contributed by atoms with Gasteiger partial charge in [-0.1, -0.05) is 12.5 Å². The molecule has 1 aliphatic carbocycles. The van der Waals surface area contributed by atoms with Crippen LogP contribution in [0.15, 0.2) is 12.7 Å². The molecule has 2 atom stereocenters. The van der Waals surface area contributed by atoms with Crippen molar-refractivity contribution in [2.75, 3.05) is 0 Å². The zero-order valence-electron chi connectivity index (χ0n) is 5.84. The van der Waals surface area contributed by atoms with Gasteiger partial charge in [0.2, 0.25) is 0 Å². The van der Waals surface area contributed by atoms with Crippen molar-refractivity contribution in [3.8, 4) is 0 Å². The lowest BCUT2D eigenvalue weighted by Gasteiger charge is -2.23. The summed E-state index contributed by atoms with van der Waals surface area (Å²) >= 11 is 0. The Labute approximate surface area is 56.9 Å². The van der Waals surface area contributed by atoms with Crippen LogP contribution in [0.3, 0.4) is 0 Å². The van der Waals surface area contributed by atoms with Crippen molar-refractivity contribution < 1.29 is 0 Å². The Morgan fingerprint density at radius 3 is 2.67 bits per heavy atom. The highest BCUT2D eigenvalue weighted by Gasteiger charge is 2.15. The van der Waals surface area contributed by atoms with Gasteiger partial charge in [0, 0.05) is 6.04 Å². The molecule has 0 aromatic heterocycles. The fourth-order valence-electron chi connectivity index (χ4n) is 1.48. The maximum absolute atomic E-state index is 5.75. The average molecular weight is 125 g/mol. The van der Waals surface area contributed by atoms with Crippen LogP contribution in [0.4, 0.5) is 0 Å². The predicted molar refractivity (Wildman–Crippen MR) is 40.1 cm³/mol. The topological polar surface area (TPSA) is 26.0 Å². The molecule has 1 fully saturated rings. The summed E-state index contributed by atoms with van der Waals surface area (Å²) in [6, 6.07) is 0.446. The largest absolute Gasteiger partial charge is 0.328 e. The fourth-order valence-corrected chi connectivity index (χ4v) is 1.48. The van der Waals surface area contributed by atoms with Gasteiger partial charge in [-0.25, -0.2) is 0 Å². The number of rotatable bonds is 1. The minimum absolute atomic E-state index is 0.446. The average Bonchev–Trinajstić information content (AvgIpc) is 1.88. The molecule has 0 amide bonds. The third-order valence-electron chi connectivity index (χ3n) is 2.09. The van der Waals surface area contributed by atoms with E-state index in [1.165, 1.54) is 19.3 Å². The summed E-state index contributed by atoms with van der Waals surface area (Å²) in [5.41, 5.74) is 5.75. The van der Waals surface area contributed by atoms with Crippen molar-refractivity contribution in [1.82, 2.24) is 0 Å². The van der Waals surface area contributed by atoms with Crippen molar-refractivity contribution in [3.05, 3.63) is 12.7 Å². The number of hydrogen-bond donors (Lipinski definition) is 1. The predicted octanol–water partition coefficient (Wildman–Crippen LogP) is 1.69. The molecule has 0 unspecified atom stereocenters. The zero-order valence-corrected chi connectivity index (χ0v) is 5.84. The molecular weight excluding hydrogens is 110 g/mol. The minimum Gasteiger partial charge on any atom is -0.328 e. The van der Waals surface area contributed by atoms with E-state index in [2.05, 4.69) is 6.58 Å². The Bertz CT molecular complexity index is 98.7. The third-order valence-corrected chi connectivity index (χ3v) is 2.09. The lowest BCUT2D eigenvalue weighted by Crippen LogP contribution is -2.26. The second-order valence-corrected chi connectivity index (χ2v) is 2.92. The van der Waals surface area contributed by atoms with Crippen molar-refractivity contribution in [2.45, 2.75) is 31.7 Å². The molecule has 2 N–H and O–H groups in total. The second kappa shape index (κ2) is 3.02. The van der Waals surface area contributed by atoms with Crippen molar-refractivity contribution in [2.24, 2.45) is 11.7 Å². The third kappa shape index (κ3) is 1.83. The van der Waals surface area contributed by atoms with E-state index < -0.39 is 0 Å². The Hall–Kier alpha value is -0.300. The normalized spacial score (nSPS) is 36.1. The van der Waals surface area contributed by atoms with Gasteiger partial charge < -0.3 is 5.73 Å². The molecule has 1 aliphatic rings. The van der Waals surface area contributed by atoms with E-state index in [4.69, 9.17) is 5.73 Å². The van der Waals surface area contributed by atoms with Gasteiger partial charge in [-0.2, -0.15) is 0 Å². The quantitative estimate of drug-likeness (QED) is 0.530. The molecule has 0 spiro atoms. The second-order valence-electron chi connectivity index (χ2n) is 2.92. The number of hydrogen-bond acceptors (Lipinski definition) is 1. The first-order valence-corrected chi connectivity index (χ1v) is 3.71. The van der Waals surface area contributed by atoms with E-state index in [1.54, 1.807) is 0 Å². The molecule has 0 radical (unpaired) electrons. The highest BCUT2D eigenvalue weighted by atomic mass is 14.6. The lowest BCUT2D eigenvalue weighted by atomic mass is 9.86. The molecule has 1 saturated carbocycles. The maximum Gasteiger partial charge on any atom is 0.00444 e. The summed E-state index contributed by atoms with van der Waals surface area (Å²) in [7, 11) is 0. The highest BCUT2D eigenvalue weighted by Crippen LogP contribution is 2.23. The number of nitrogens with two attached hydrogens (primary N) is 1. The molecule has 9 heavy (non-hydrogen) atoms. The fraction of sp³-hybridized carbons (Fsp3) is 0.750. The van der Waals surface area contributed by atoms with Gasteiger partial charge in [-0.3, -0.25) is 0 Å². The smallest absolute Gasteiger partial charge is 0.00444 e. The Morgan fingerprint density at radius 1 is 1.44 bits per heavy atom. The molecule has 0 heterocycles. The zero-order chi connectivity index (χ0) is 6.69. The van der Waals surface area contributed by atoms with Crippen molar-refractivity contribution in [3.63, 3.8) is 0 Å². The summed E-state index contributed by atoms with van der Waals surface area (Å²) in [5.74, 6) is 0.703. The van der Waals surface area contributed by atoms with Crippen LogP contribution >= 0.6 is 0 Å². The van der Waals surface area contributed by atoms with Crippen LogP contribution in [0.25, 0.3) is 0 Å². The maximum atomic E-state index is 5.75. The summed E-state index contributed by atoms with van der Waals surface area (Å²) in [5, 5.41) is 0. The SMILES string of the molecule is C=C[C@@H]1CCC[C@H](N)C1. The van der Waals surface area contributed by atoms with Gasteiger partial charge in [-0.05, 0) is 25.2 Å². The Balaban J connectivity index is 2.31. The van der Waals surface area contributed by atoms with Crippen LogP contribution < -0.4 is 5.73 Å². The van der Waals surface area contributed by atoms with E-state index in [1.807, 2.05) is 6.08 Å². The molecular formula is C8H15N. The van der Waals surface area contributed by atoms with Crippen molar-refractivity contribution in [1.29, 1.82) is 0 Å². The molecule has 0 aliphatic heterocycles. The van der Waals surface area contributed by atoms with Gasteiger partial charge in [0.1, 0.15) is 0 Å².